The zero-order chi connectivity index (χ0) is 17.8. The Bertz CT molecular complexity index is 1000. The molecule has 0 unspecified atom stereocenters. The molecule has 0 amide bonds. The van der Waals surface area contributed by atoms with Gasteiger partial charge in [-0.25, -0.2) is 4.98 Å². The second kappa shape index (κ2) is 7.20. The molecular weight excluding hydrogens is 336 g/mol. The Kier molecular flexibility index (Phi) is 4.82. The lowest BCUT2D eigenvalue weighted by Gasteiger charge is -2.10. The molecule has 25 heavy (non-hydrogen) atoms. The highest BCUT2D eigenvalue weighted by molar-refractivity contribution is 6.30. The summed E-state index contributed by atoms with van der Waals surface area (Å²) in [5, 5.41) is 13.0. The molecule has 0 aliphatic heterocycles. The summed E-state index contributed by atoms with van der Waals surface area (Å²) < 4.78 is 0. The van der Waals surface area contributed by atoms with E-state index in [-0.39, 0.29) is 11.5 Å². The maximum absolute atomic E-state index is 12.3. The average molecular weight is 351 g/mol. The van der Waals surface area contributed by atoms with Gasteiger partial charge in [-0.2, -0.15) is 5.26 Å². The number of hydrogen-bond acceptors (Lipinski definition) is 4. The van der Waals surface area contributed by atoms with E-state index in [0.29, 0.717) is 16.3 Å². The number of aromatic nitrogens is 2. The molecule has 0 aliphatic carbocycles. The highest BCUT2D eigenvalue weighted by Crippen LogP contribution is 2.23. The van der Waals surface area contributed by atoms with E-state index in [9.17, 15) is 10.1 Å². The molecule has 3 rings (SSSR count). The quantitative estimate of drug-likeness (QED) is 0.736. The van der Waals surface area contributed by atoms with Crippen LogP contribution in [0.2, 0.25) is 5.02 Å². The minimum atomic E-state index is -0.489. The Morgan fingerprint density at radius 3 is 2.68 bits per heavy atom. The molecule has 2 N–H and O–H groups in total. The van der Waals surface area contributed by atoms with Gasteiger partial charge in [-0.15, -0.1) is 0 Å². The third kappa shape index (κ3) is 3.70. The number of aromatic amines is 1. The van der Waals surface area contributed by atoms with Crippen LogP contribution in [0.1, 0.15) is 18.1 Å². The SMILES string of the molecule is CCc1cccc(Nc2nc(-c3ccc(Cl)cc3)c(C#N)c(=O)[nH]2)c1. The number of aryl methyl sites for hydroxylation is 1. The molecule has 5 nitrogen and oxygen atoms in total. The number of nitrogens with one attached hydrogen (secondary N) is 2. The Morgan fingerprint density at radius 2 is 2.00 bits per heavy atom. The highest BCUT2D eigenvalue weighted by Gasteiger charge is 2.13. The van der Waals surface area contributed by atoms with Gasteiger partial charge in [-0.1, -0.05) is 42.8 Å². The summed E-state index contributed by atoms with van der Waals surface area (Å²) >= 11 is 5.91. The third-order valence-corrected chi connectivity index (χ3v) is 4.00. The first-order valence-corrected chi connectivity index (χ1v) is 8.15. The van der Waals surface area contributed by atoms with E-state index < -0.39 is 5.56 Å². The van der Waals surface area contributed by atoms with E-state index in [1.165, 1.54) is 5.56 Å². The molecule has 0 saturated heterocycles. The summed E-state index contributed by atoms with van der Waals surface area (Å²) in [7, 11) is 0. The number of nitriles is 1. The smallest absolute Gasteiger partial charge is 0.270 e. The molecule has 2 aromatic carbocycles. The van der Waals surface area contributed by atoms with Gasteiger partial charge in [0, 0.05) is 16.3 Å². The molecule has 0 saturated carbocycles. The molecular formula is C19H15ClN4O. The van der Waals surface area contributed by atoms with Crippen LogP contribution in [0.15, 0.2) is 53.3 Å². The van der Waals surface area contributed by atoms with E-state index in [2.05, 4.69) is 22.2 Å². The van der Waals surface area contributed by atoms with Crippen molar-refractivity contribution in [2.45, 2.75) is 13.3 Å². The van der Waals surface area contributed by atoms with E-state index in [0.717, 1.165) is 12.1 Å². The van der Waals surface area contributed by atoms with Crippen molar-refractivity contribution >= 4 is 23.2 Å². The Hall–Kier alpha value is -3.10. The van der Waals surface area contributed by atoms with E-state index in [4.69, 9.17) is 11.6 Å². The zero-order valence-corrected chi connectivity index (χ0v) is 14.3. The van der Waals surface area contributed by atoms with Crippen LogP contribution < -0.4 is 10.9 Å². The van der Waals surface area contributed by atoms with Crippen molar-refractivity contribution in [3.63, 3.8) is 0 Å². The van der Waals surface area contributed by atoms with Gasteiger partial charge in [-0.3, -0.25) is 9.78 Å². The molecule has 0 aliphatic rings. The lowest BCUT2D eigenvalue weighted by Crippen LogP contribution is -2.16. The lowest BCUT2D eigenvalue weighted by molar-refractivity contribution is 1.10. The van der Waals surface area contributed by atoms with Crippen LogP contribution in [0.3, 0.4) is 0 Å². The molecule has 1 aromatic heterocycles. The number of halogens is 1. The number of hydrogen-bond donors (Lipinski definition) is 2. The molecule has 0 spiro atoms. The van der Waals surface area contributed by atoms with Crippen molar-refractivity contribution < 1.29 is 0 Å². The van der Waals surface area contributed by atoms with Gasteiger partial charge in [0.25, 0.3) is 5.56 Å². The second-order valence-corrected chi connectivity index (χ2v) is 5.87. The van der Waals surface area contributed by atoms with Crippen LogP contribution in [0.4, 0.5) is 11.6 Å². The molecule has 6 heteroatoms. The van der Waals surface area contributed by atoms with Crippen LogP contribution in [0, 0.1) is 11.3 Å². The largest absolute Gasteiger partial charge is 0.326 e. The fourth-order valence-corrected chi connectivity index (χ4v) is 2.58. The number of benzene rings is 2. The predicted molar refractivity (Wildman–Crippen MR) is 99.1 cm³/mol. The summed E-state index contributed by atoms with van der Waals surface area (Å²) in [6.45, 7) is 2.07. The van der Waals surface area contributed by atoms with Crippen molar-refractivity contribution in [2.75, 3.05) is 5.32 Å². The normalized spacial score (nSPS) is 10.3. The lowest BCUT2D eigenvalue weighted by atomic mass is 10.1. The minimum absolute atomic E-state index is 0.0322. The molecule has 1 heterocycles. The topological polar surface area (TPSA) is 81.6 Å². The van der Waals surface area contributed by atoms with Gasteiger partial charge in [0.15, 0.2) is 0 Å². The number of rotatable bonds is 4. The van der Waals surface area contributed by atoms with Gasteiger partial charge in [-0.05, 0) is 36.2 Å². The average Bonchev–Trinajstić information content (AvgIpc) is 2.62. The van der Waals surface area contributed by atoms with Crippen LogP contribution >= 0.6 is 11.6 Å². The summed E-state index contributed by atoms with van der Waals surface area (Å²) in [6, 6.07) is 16.6. The van der Waals surface area contributed by atoms with Crippen LogP contribution in [-0.2, 0) is 6.42 Å². The fraction of sp³-hybridized carbons (Fsp3) is 0.105. The minimum Gasteiger partial charge on any atom is -0.326 e. The van der Waals surface area contributed by atoms with Crippen molar-refractivity contribution in [1.82, 2.24) is 9.97 Å². The number of anilines is 2. The number of nitrogens with zero attached hydrogens (tertiary/aromatic N) is 2. The van der Waals surface area contributed by atoms with E-state index in [1.54, 1.807) is 24.3 Å². The molecule has 0 fully saturated rings. The van der Waals surface area contributed by atoms with Crippen molar-refractivity contribution in [1.29, 1.82) is 5.26 Å². The molecule has 0 radical (unpaired) electrons. The Balaban J connectivity index is 2.05. The standard InChI is InChI=1S/C19H15ClN4O/c1-2-12-4-3-5-15(10-12)22-19-23-17(16(11-21)18(25)24-19)13-6-8-14(20)9-7-13/h3-10H,2H2,1H3,(H2,22,23,24,25). The first-order valence-electron chi connectivity index (χ1n) is 7.77. The fourth-order valence-electron chi connectivity index (χ4n) is 2.46. The Morgan fingerprint density at radius 1 is 1.24 bits per heavy atom. The molecule has 0 atom stereocenters. The monoisotopic (exact) mass is 350 g/mol. The number of H-pyrrole nitrogens is 1. The summed E-state index contributed by atoms with van der Waals surface area (Å²) in [5.74, 6) is 0.280. The van der Waals surface area contributed by atoms with Gasteiger partial charge in [0.05, 0.1) is 5.69 Å². The van der Waals surface area contributed by atoms with Gasteiger partial charge >= 0.3 is 0 Å². The summed E-state index contributed by atoms with van der Waals surface area (Å²) in [4.78, 5) is 19.3. The van der Waals surface area contributed by atoms with Gasteiger partial charge < -0.3 is 5.32 Å². The molecule has 0 bridgehead atoms. The van der Waals surface area contributed by atoms with Crippen LogP contribution in [0.25, 0.3) is 11.3 Å². The van der Waals surface area contributed by atoms with Gasteiger partial charge in [0.1, 0.15) is 11.6 Å². The van der Waals surface area contributed by atoms with E-state index in [1.807, 2.05) is 30.3 Å². The van der Waals surface area contributed by atoms with Crippen molar-refractivity contribution in [3.05, 3.63) is 75.0 Å². The molecule has 124 valence electrons. The Labute approximate surface area is 149 Å². The zero-order valence-electron chi connectivity index (χ0n) is 13.5. The first-order chi connectivity index (χ1) is 12.1. The second-order valence-electron chi connectivity index (χ2n) is 5.44. The summed E-state index contributed by atoms with van der Waals surface area (Å²) in [5.41, 5.74) is 2.43. The maximum Gasteiger partial charge on any atom is 0.270 e. The van der Waals surface area contributed by atoms with Crippen LogP contribution in [-0.4, -0.2) is 9.97 Å². The van der Waals surface area contributed by atoms with Crippen molar-refractivity contribution in [3.8, 4) is 17.3 Å². The van der Waals surface area contributed by atoms with Gasteiger partial charge in [0.2, 0.25) is 5.95 Å². The third-order valence-electron chi connectivity index (χ3n) is 3.75. The van der Waals surface area contributed by atoms with Crippen LogP contribution in [0.5, 0.6) is 0 Å². The van der Waals surface area contributed by atoms with Crippen molar-refractivity contribution in [2.24, 2.45) is 0 Å². The predicted octanol–water partition coefficient (Wildman–Crippen LogP) is 4.27. The molecule has 3 aromatic rings. The highest BCUT2D eigenvalue weighted by atomic mass is 35.5. The maximum atomic E-state index is 12.3. The van der Waals surface area contributed by atoms with E-state index >= 15 is 0 Å². The summed E-state index contributed by atoms with van der Waals surface area (Å²) in [6.07, 6.45) is 0.906. The first kappa shape index (κ1) is 16.7.